The van der Waals surface area contributed by atoms with Crippen LogP contribution in [0, 0.1) is 0 Å². The van der Waals surface area contributed by atoms with E-state index in [1.54, 1.807) is 6.92 Å². The molecule has 3 N–H and O–H groups in total. The molecule has 25 heavy (non-hydrogen) atoms. The monoisotopic (exact) mass is 348 g/mol. The quantitative estimate of drug-likeness (QED) is 0.293. The standard InChI is InChI=1S/C20H32N2O3/c1-15(2)18(23)24-12-7-8-13-25-22-20(5,6)17-11-9-10-16(14-17)19(3,4)21/h9-11,14,22H,1,7-8,12-13,21H2,2-6H3. The molecular weight excluding hydrogens is 316 g/mol. The molecule has 0 bridgehead atoms. The van der Waals surface area contributed by atoms with Crippen LogP contribution in [0.5, 0.6) is 0 Å². The fourth-order valence-corrected chi connectivity index (χ4v) is 2.16. The molecule has 1 aromatic carbocycles. The summed E-state index contributed by atoms with van der Waals surface area (Å²) < 4.78 is 5.04. The first-order valence-corrected chi connectivity index (χ1v) is 8.65. The summed E-state index contributed by atoms with van der Waals surface area (Å²) in [6.45, 7) is 14.2. The van der Waals surface area contributed by atoms with E-state index in [-0.39, 0.29) is 17.0 Å². The van der Waals surface area contributed by atoms with Gasteiger partial charge in [-0.05, 0) is 58.6 Å². The maximum atomic E-state index is 11.2. The van der Waals surface area contributed by atoms with Crippen molar-refractivity contribution in [1.82, 2.24) is 5.48 Å². The molecule has 0 heterocycles. The number of nitrogens with one attached hydrogen (secondary N) is 1. The number of hydrogen-bond acceptors (Lipinski definition) is 5. The Balaban J connectivity index is 2.39. The second-order valence-electron chi connectivity index (χ2n) is 7.50. The van der Waals surface area contributed by atoms with Gasteiger partial charge in [0.1, 0.15) is 0 Å². The van der Waals surface area contributed by atoms with Crippen LogP contribution in [0.3, 0.4) is 0 Å². The number of ether oxygens (including phenoxy) is 1. The van der Waals surface area contributed by atoms with E-state index >= 15 is 0 Å². The van der Waals surface area contributed by atoms with Gasteiger partial charge in [0.15, 0.2) is 0 Å². The maximum Gasteiger partial charge on any atom is 0.333 e. The second-order valence-corrected chi connectivity index (χ2v) is 7.50. The van der Waals surface area contributed by atoms with Crippen molar-refractivity contribution in [3.8, 4) is 0 Å². The van der Waals surface area contributed by atoms with Crippen LogP contribution in [0.25, 0.3) is 0 Å². The minimum atomic E-state index is -0.381. The average molecular weight is 348 g/mol. The summed E-state index contributed by atoms with van der Waals surface area (Å²) in [4.78, 5) is 16.8. The lowest BCUT2D eigenvalue weighted by Gasteiger charge is -2.28. The number of carbonyl (C=O) groups is 1. The van der Waals surface area contributed by atoms with Crippen molar-refractivity contribution >= 4 is 5.97 Å². The summed E-state index contributed by atoms with van der Waals surface area (Å²) in [5, 5.41) is 0. The van der Waals surface area contributed by atoms with Gasteiger partial charge >= 0.3 is 5.97 Å². The van der Waals surface area contributed by atoms with Crippen molar-refractivity contribution in [2.75, 3.05) is 13.2 Å². The zero-order valence-corrected chi connectivity index (χ0v) is 16.1. The lowest BCUT2D eigenvalue weighted by molar-refractivity contribution is -0.139. The molecule has 0 aliphatic heterocycles. The highest BCUT2D eigenvalue weighted by molar-refractivity contribution is 5.86. The van der Waals surface area contributed by atoms with Gasteiger partial charge < -0.3 is 15.3 Å². The first kappa shape index (κ1) is 21.4. The van der Waals surface area contributed by atoms with Crippen molar-refractivity contribution in [2.45, 2.75) is 58.5 Å². The fourth-order valence-electron chi connectivity index (χ4n) is 2.16. The van der Waals surface area contributed by atoms with E-state index < -0.39 is 0 Å². The third-order valence-corrected chi connectivity index (χ3v) is 3.88. The predicted molar refractivity (Wildman–Crippen MR) is 101 cm³/mol. The van der Waals surface area contributed by atoms with Gasteiger partial charge in [0.25, 0.3) is 0 Å². The Bertz CT molecular complexity index is 589. The van der Waals surface area contributed by atoms with Crippen molar-refractivity contribution < 1.29 is 14.4 Å². The van der Waals surface area contributed by atoms with E-state index in [1.807, 2.05) is 26.0 Å². The molecule has 0 aliphatic rings. The molecule has 0 atom stereocenters. The Morgan fingerprint density at radius 3 is 2.36 bits per heavy atom. The number of carbonyl (C=O) groups excluding carboxylic acids is 1. The summed E-state index contributed by atoms with van der Waals surface area (Å²) >= 11 is 0. The van der Waals surface area contributed by atoms with Gasteiger partial charge in [0.2, 0.25) is 0 Å². The lowest BCUT2D eigenvalue weighted by Crippen LogP contribution is -2.37. The number of benzene rings is 1. The zero-order chi connectivity index (χ0) is 19.1. The van der Waals surface area contributed by atoms with Crippen molar-refractivity contribution in [3.05, 3.63) is 47.5 Å². The third kappa shape index (κ3) is 7.38. The zero-order valence-electron chi connectivity index (χ0n) is 16.1. The number of nitrogens with two attached hydrogens (primary N) is 1. The van der Waals surface area contributed by atoms with Gasteiger partial charge in [-0.1, -0.05) is 30.8 Å². The van der Waals surface area contributed by atoms with E-state index in [0.717, 1.165) is 24.0 Å². The molecule has 5 heteroatoms. The SMILES string of the molecule is C=C(C)C(=O)OCCCCONC(C)(C)c1cccc(C(C)(C)N)c1. The molecule has 0 amide bonds. The Hall–Kier alpha value is -1.69. The smallest absolute Gasteiger partial charge is 0.333 e. The largest absolute Gasteiger partial charge is 0.462 e. The first-order valence-electron chi connectivity index (χ1n) is 8.65. The van der Waals surface area contributed by atoms with E-state index in [1.165, 1.54) is 0 Å². The lowest BCUT2D eigenvalue weighted by atomic mass is 9.88. The summed E-state index contributed by atoms with van der Waals surface area (Å²) in [5.41, 5.74) is 11.2. The molecule has 0 aliphatic carbocycles. The van der Waals surface area contributed by atoms with Crippen LogP contribution in [0.15, 0.2) is 36.4 Å². The molecule has 1 aromatic rings. The predicted octanol–water partition coefficient (Wildman–Crippen LogP) is 3.54. The minimum Gasteiger partial charge on any atom is -0.462 e. The second kappa shape index (κ2) is 9.13. The summed E-state index contributed by atoms with van der Waals surface area (Å²) in [5.74, 6) is -0.345. The van der Waals surface area contributed by atoms with Gasteiger partial charge in [-0.25, -0.2) is 4.79 Å². The van der Waals surface area contributed by atoms with Crippen LogP contribution in [0.2, 0.25) is 0 Å². The molecule has 0 spiro atoms. The number of esters is 1. The number of hydrogen-bond donors (Lipinski definition) is 2. The van der Waals surface area contributed by atoms with E-state index in [2.05, 4.69) is 38.0 Å². The third-order valence-electron chi connectivity index (χ3n) is 3.88. The van der Waals surface area contributed by atoms with E-state index in [9.17, 15) is 4.79 Å². The van der Waals surface area contributed by atoms with Gasteiger partial charge in [-0.3, -0.25) is 0 Å². The summed E-state index contributed by atoms with van der Waals surface area (Å²) in [6.07, 6.45) is 1.54. The van der Waals surface area contributed by atoms with E-state index in [0.29, 0.717) is 18.8 Å². The molecule has 1 rings (SSSR count). The first-order chi connectivity index (χ1) is 11.5. The van der Waals surface area contributed by atoms with Gasteiger partial charge in [0, 0.05) is 11.1 Å². The number of unbranched alkanes of at least 4 members (excludes halogenated alkanes) is 1. The normalized spacial score (nSPS) is 12.1. The molecule has 0 radical (unpaired) electrons. The maximum absolute atomic E-state index is 11.2. The Kier molecular flexibility index (Phi) is 7.80. The van der Waals surface area contributed by atoms with Crippen molar-refractivity contribution in [3.63, 3.8) is 0 Å². The van der Waals surface area contributed by atoms with Crippen LogP contribution in [-0.2, 0) is 25.4 Å². The van der Waals surface area contributed by atoms with Crippen LogP contribution < -0.4 is 11.2 Å². The minimum absolute atomic E-state index is 0.340. The topological polar surface area (TPSA) is 73.6 Å². The van der Waals surface area contributed by atoms with Crippen LogP contribution in [0.4, 0.5) is 0 Å². The summed E-state index contributed by atoms with van der Waals surface area (Å²) in [6, 6.07) is 8.21. The molecule has 0 saturated carbocycles. The Morgan fingerprint density at radius 1 is 1.16 bits per heavy atom. The molecule has 0 aromatic heterocycles. The highest BCUT2D eigenvalue weighted by Gasteiger charge is 2.23. The molecule has 0 saturated heterocycles. The van der Waals surface area contributed by atoms with Crippen LogP contribution in [-0.4, -0.2) is 19.2 Å². The Labute approximate surface area is 151 Å². The van der Waals surface area contributed by atoms with Crippen LogP contribution in [0.1, 0.15) is 58.6 Å². The fraction of sp³-hybridized carbons (Fsp3) is 0.550. The van der Waals surface area contributed by atoms with Gasteiger partial charge in [-0.2, -0.15) is 5.48 Å². The number of hydroxylamine groups is 1. The highest BCUT2D eigenvalue weighted by Crippen LogP contribution is 2.25. The molecule has 140 valence electrons. The van der Waals surface area contributed by atoms with Crippen molar-refractivity contribution in [2.24, 2.45) is 5.73 Å². The number of rotatable bonds is 10. The van der Waals surface area contributed by atoms with Gasteiger partial charge in [-0.15, -0.1) is 0 Å². The molecule has 0 fully saturated rings. The van der Waals surface area contributed by atoms with Crippen LogP contribution >= 0.6 is 0 Å². The molecular formula is C20H32N2O3. The molecule has 0 unspecified atom stereocenters. The van der Waals surface area contributed by atoms with Gasteiger partial charge in [0.05, 0.1) is 18.8 Å². The van der Waals surface area contributed by atoms with E-state index in [4.69, 9.17) is 15.3 Å². The Morgan fingerprint density at radius 2 is 1.76 bits per heavy atom. The molecule has 5 nitrogen and oxygen atoms in total. The summed E-state index contributed by atoms with van der Waals surface area (Å²) in [7, 11) is 0. The van der Waals surface area contributed by atoms with Crippen molar-refractivity contribution in [1.29, 1.82) is 0 Å². The average Bonchev–Trinajstić information content (AvgIpc) is 2.53. The highest BCUT2D eigenvalue weighted by atomic mass is 16.6.